The van der Waals surface area contributed by atoms with Gasteiger partial charge in [-0.15, -0.1) is 0 Å². The van der Waals surface area contributed by atoms with E-state index in [-0.39, 0.29) is 24.3 Å². The molecule has 1 saturated heterocycles. The molecule has 1 aliphatic heterocycles. The Morgan fingerprint density at radius 3 is 2.61 bits per heavy atom. The van der Waals surface area contributed by atoms with Gasteiger partial charge in [-0.25, -0.2) is 0 Å². The lowest BCUT2D eigenvalue weighted by molar-refractivity contribution is -0.150. The van der Waals surface area contributed by atoms with Crippen LogP contribution in [0, 0.1) is 17.8 Å². The number of amides is 2. The molecule has 18 heavy (non-hydrogen) atoms. The van der Waals surface area contributed by atoms with Gasteiger partial charge in [0.15, 0.2) is 0 Å². The molecule has 0 bridgehead atoms. The molecular formula is C12H18N2O4. The lowest BCUT2D eigenvalue weighted by Gasteiger charge is -2.30. The minimum atomic E-state index is -0.904. The zero-order valence-electron chi connectivity index (χ0n) is 10.4. The number of aliphatic carboxylic acids is 1. The fourth-order valence-electron chi connectivity index (χ4n) is 2.90. The summed E-state index contributed by atoms with van der Waals surface area (Å²) >= 11 is 0. The minimum absolute atomic E-state index is 0.0516. The zero-order valence-corrected chi connectivity index (χ0v) is 10.4. The summed E-state index contributed by atoms with van der Waals surface area (Å²) in [6.45, 7) is 2.94. The Bertz CT molecular complexity index is 382. The van der Waals surface area contributed by atoms with Crippen molar-refractivity contribution in [2.75, 3.05) is 19.6 Å². The molecule has 6 heteroatoms. The number of nitrogens with one attached hydrogen (secondary N) is 1. The third kappa shape index (κ3) is 2.47. The number of hydrogen-bond donors (Lipinski definition) is 2. The smallest absolute Gasteiger partial charge is 0.307 e. The maximum Gasteiger partial charge on any atom is 0.307 e. The third-order valence-corrected chi connectivity index (χ3v) is 3.78. The summed E-state index contributed by atoms with van der Waals surface area (Å²) in [5, 5.41) is 11.8. The molecule has 0 aromatic rings. The van der Waals surface area contributed by atoms with Crippen molar-refractivity contribution in [1.82, 2.24) is 10.2 Å². The first-order valence-corrected chi connectivity index (χ1v) is 6.27. The molecule has 0 radical (unpaired) electrons. The van der Waals surface area contributed by atoms with E-state index in [9.17, 15) is 14.4 Å². The number of nitrogens with zero attached hydrogens (tertiary/aromatic N) is 1. The second-order valence-electron chi connectivity index (χ2n) is 5.24. The van der Waals surface area contributed by atoms with Crippen LogP contribution in [0.5, 0.6) is 0 Å². The van der Waals surface area contributed by atoms with E-state index in [1.807, 2.05) is 6.92 Å². The van der Waals surface area contributed by atoms with E-state index in [1.165, 1.54) is 4.90 Å². The van der Waals surface area contributed by atoms with Crippen LogP contribution in [-0.4, -0.2) is 47.4 Å². The number of carboxylic acid groups (broad SMARTS) is 1. The lowest BCUT2D eigenvalue weighted by Crippen LogP contribution is -2.52. The van der Waals surface area contributed by atoms with E-state index in [4.69, 9.17) is 5.11 Å². The number of piperazine rings is 1. The van der Waals surface area contributed by atoms with Gasteiger partial charge in [-0.3, -0.25) is 14.4 Å². The number of rotatable bonds is 2. The van der Waals surface area contributed by atoms with Crippen LogP contribution in [0.25, 0.3) is 0 Å². The summed E-state index contributed by atoms with van der Waals surface area (Å²) < 4.78 is 0. The Labute approximate surface area is 105 Å². The van der Waals surface area contributed by atoms with E-state index in [0.717, 1.165) is 0 Å². The van der Waals surface area contributed by atoms with Crippen molar-refractivity contribution in [2.24, 2.45) is 17.8 Å². The van der Waals surface area contributed by atoms with Crippen LogP contribution in [0.1, 0.15) is 19.8 Å². The molecule has 1 aliphatic carbocycles. The summed E-state index contributed by atoms with van der Waals surface area (Å²) in [5.74, 6) is -2.08. The van der Waals surface area contributed by atoms with Gasteiger partial charge in [0.2, 0.25) is 11.8 Å². The molecule has 2 N–H and O–H groups in total. The summed E-state index contributed by atoms with van der Waals surface area (Å²) in [7, 11) is 0. The van der Waals surface area contributed by atoms with E-state index < -0.39 is 17.8 Å². The SMILES string of the molecule is CC1CC(C(=O)O)C(C(=O)N2CCNC(=O)C2)C1. The maximum atomic E-state index is 12.3. The van der Waals surface area contributed by atoms with Crippen molar-refractivity contribution in [3.8, 4) is 0 Å². The van der Waals surface area contributed by atoms with Gasteiger partial charge in [0.1, 0.15) is 0 Å². The number of carbonyl (C=O) groups excluding carboxylic acids is 2. The molecule has 2 aliphatic rings. The van der Waals surface area contributed by atoms with Crippen molar-refractivity contribution in [3.05, 3.63) is 0 Å². The molecule has 1 heterocycles. The third-order valence-electron chi connectivity index (χ3n) is 3.78. The lowest BCUT2D eigenvalue weighted by atomic mass is 9.94. The second-order valence-corrected chi connectivity index (χ2v) is 5.24. The summed E-state index contributed by atoms with van der Waals surface area (Å²) in [4.78, 5) is 36.2. The first-order valence-electron chi connectivity index (χ1n) is 6.27. The van der Waals surface area contributed by atoms with Gasteiger partial charge in [-0.05, 0) is 18.8 Å². The Morgan fingerprint density at radius 1 is 1.33 bits per heavy atom. The highest BCUT2D eigenvalue weighted by Gasteiger charge is 2.43. The standard InChI is InChI=1S/C12H18N2O4/c1-7-4-8(9(5-7)12(17)18)11(16)14-3-2-13-10(15)6-14/h7-9H,2-6H2,1H3,(H,13,15)(H,17,18). The molecule has 1 saturated carbocycles. The predicted octanol–water partition coefficient (Wildman–Crippen LogP) is -0.308. The Kier molecular flexibility index (Phi) is 3.54. The van der Waals surface area contributed by atoms with Gasteiger partial charge in [0, 0.05) is 13.1 Å². The van der Waals surface area contributed by atoms with Crippen molar-refractivity contribution in [3.63, 3.8) is 0 Å². The summed E-state index contributed by atoms with van der Waals surface area (Å²) in [6.07, 6.45) is 1.15. The molecule has 0 aromatic carbocycles. The second kappa shape index (κ2) is 4.96. The molecule has 2 amide bonds. The summed E-state index contributed by atoms with van der Waals surface area (Å²) in [6, 6.07) is 0. The quantitative estimate of drug-likeness (QED) is 0.708. The largest absolute Gasteiger partial charge is 0.481 e. The van der Waals surface area contributed by atoms with Gasteiger partial charge in [-0.1, -0.05) is 6.92 Å². The van der Waals surface area contributed by atoms with E-state index in [0.29, 0.717) is 25.9 Å². The van der Waals surface area contributed by atoms with Gasteiger partial charge >= 0.3 is 5.97 Å². The Balaban J connectivity index is 2.07. The molecule has 0 spiro atoms. The van der Waals surface area contributed by atoms with Crippen molar-refractivity contribution >= 4 is 17.8 Å². The van der Waals surface area contributed by atoms with Crippen LogP contribution in [-0.2, 0) is 14.4 Å². The van der Waals surface area contributed by atoms with Crippen LogP contribution >= 0.6 is 0 Å². The Morgan fingerprint density at radius 2 is 2.00 bits per heavy atom. The normalized spacial score (nSPS) is 32.2. The highest BCUT2D eigenvalue weighted by Crippen LogP contribution is 2.37. The minimum Gasteiger partial charge on any atom is -0.481 e. The molecule has 2 rings (SSSR count). The first kappa shape index (κ1) is 12.9. The van der Waals surface area contributed by atoms with Crippen LogP contribution in [0.4, 0.5) is 0 Å². The molecular weight excluding hydrogens is 236 g/mol. The average molecular weight is 254 g/mol. The summed E-state index contributed by atoms with van der Waals surface area (Å²) in [5.41, 5.74) is 0. The predicted molar refractivity (Wildman–Crippen MR) is 62.6 cm³/mol. The van der Waals surface area contributed by atoms with Crippen LogP contribution in [0.2, 0.25) is 0 Å². The van der Waals surface area contributed by atoms with Crippen molar-refractivity contribution in [2.45, 2.75) is 19.8 Å². The molecule has 2 fully saturated rings. The van der Waals surface area contributed by atoms with Gasteiger partial charge in [0.25, 0.3) is 0 Å². The molecule has 3 atom stereocenters. The fourth-order valence-corrected chi connectivity index (χ4v) is 2.90. The topological polar surface area (TPSA) is 86.7 Å². The Hall–Kier alpha value is -1.59. The van der Waals surface area contributed by atoms with E-state index in [2.05, 4.69) is 5.32 Å². The van der Waals surface area contributed by atoms with Gasteiger partial charge in [0.05, 0.1) is 18.4 Å². The highest BCUT2D eigenvalue weighted by molar-refractivity contribution is 5.89. The van der Waals surface area contributed by atoms with Gasteiger partial charge < -0.3 is 15.3 Å². The number of carbonyl (C=O) groups is 3. The molecule has 0 aromatic heterocycles. The van der Waals surface area contributed by atoms with Gasteiger partial charge in [-0.2, -0.15) is 0 Å². The number of hydrogen-bond acceptors (Lipinski definition) is 3. The van der Waals surface area contributed by atoms with Crippen LogP contribution in [0.3, 0.4) is 0 Å². The first-order chi connectivity index (χ1) is 8.49. The van der Waals surface area contributed by atoms with E-state index >= 15 is 0 Å². The van der Waals surface area contributed by atoms with Crippen LogP contribution in [0.15, 0.2) is 0 Å². The van der Waals surface area contributed by atoms with Crippen LogP contribution < -0.4 is 5.32 Å². The fraction of sp³-hybridized carbons (Fsp3) is 0.750. The van der Waals surface area contributed by atoms with Crippen molar-refractivity contribution < 1.29 is 19.5 Å². The highest BCUT2D eigenvalue weighted by atomic mass is 16.4. The molecule has 100 valence electrons. The monoisotopic (exact) mass is 254 g/mol. The molecule has 6 nitrogen and oxygen atoms in total. The maximum absolute atomic E-state index is 12.3. The van der Waals surface area contributed by atoms with E-state index in [1.54, 1.807) is 0 Å². The zero-order chi connectivity index (χ0) is 13.3. The van der Waals surface area contributed by atoms with Crippen molar-refractivity contribution in [1.29, 1.82) is 0 Å². The number of carboxylic acids is 1. The average Bonchev–Trinajstić information content (AvgIpc) is 2.70. The molecule has 3 unspecified atom stereocenters.